The smallest absolute Gasteiger partial charge is 0.203 e. The number of aromatic nitrogens is 6. The summed E-state index contributed by atoms with van der Waals surface area (Å²) in [5, 5.41) is 13.2. The number of benzene rings is 3. The van der Waals surface area contributed by atoms with Crippen LogP contribution in [-0.4, -0.2) is 35.1 Å². The number of rotatable bonds is 6. The highest BCUT2D eigenvalue weighted by Gasteiger charge is 2.17. The van der Waals surface area contributed by atoms with Crippen molar-refractivity contribution in [2.75, 3.05) is 0 Å². The van der Waals surface area contributed by atoms with Crippen molar-refractivity contribution in [1.82, 2.24) is 29.3 Å². The van der Waals surface area contributed by atoms with Crippen LogP contribution in [0.2, 0.25) is 0 Å². The molecule has 152 valence electrons. The van der Waals surface area contributed by atoms with E-state index >= 15 is 0 Å². The van der Waals surface area contributed by atoms with Crippen molar-refractivity contribution in [3.63, 3.8) is 0 Å². The molecule has 8 heteroatoms. The fourth-order valence-corrected chi connectivity index (χ4v) is 3.83. The van der Waals surface area contributed by atoms with Crippen LogP contribution in [0.1, 0.15) is 16.2 Å². The second-order valence-electron chi connectivity index (χ2n) is 7.05. The zero-order valence-electron chi connectivity index (χ0n) is 16.5. The summed E-state index contributed by atoms with van der Waals surface area (Å²) in [5.74, 6) is 0.625. The number of carbonyl (C=O) groups excluding carboxylic acids is 1. The van der Waals surface area contributed by atoms with Gasteiger partial charge in [-0.1, -0.05) is 65.9 Å². The monoisotopic (exact) mass is 426 g/mol. The minimum atomic E-state index is -0.0489. The summed E-state index contributed by atoms with van der Waals surface area (Å²) in [6.45, 7) is 0.430. The van der Waals surface area contributed by atoms with Gasteiger partial charge in [-0.25, -0.2) is 9.36 Å². The largest absolute Gasteiger partial charge is 0.292 e. The van der Waals surface area contributed by atoms with Crippen LogP contribution < -0.4 is 0 Å². The molecule has 0 aliphatic carbocycles. The van der Waals surface area contributed by atoms with Crippen molar-refractivity contribution in [1.29, 1.82) is 0 Å². The number of carbonyl (C=O) groups is 1. The van der Waals surface area contributed by atoms with E-state index in [1.165, 1.54) is 0 Å². The maximum Gasteiger partial charge on any atom is 0.203 e. The van der Waals surface area contributed by atoms with Crippen molar-refractivity contribution >= 4 is 29.0 Å². The van der Waals surface area contributed by atoms with Crippen LogP contribution in [0.15, 0.2) is 84.9 Å². The lowest BCUT2D eigenvalue weighted by Crippen LogP contribution is -2.12. The van der Waals surface area contributed by atoms with Gasteiger partial charge in [-0.05, 0) is 36.5 Å². The Labute approximate surface area is 183 Å². The van der Waals surface area contributed by atoms with Gasteiger partial charge >= 0.3 is 0 Å². The maximum absolute atomic E-state index is 12.8. The van der Waals surface area contributed by atoms with Crippen LogP contribution in [0, 0.1) is 4.77 Å². The quantitative estimate of drug-likeness (QED) is 0.302. The molecule has 5 rings (SSSR count). The Morgan fingerprint density at radius 1 is 0.839 bits per heavy atom. The lowest BCUT2D eigenvalue weighted by molar-refractivity contribution is 0.0967. The molecule has 0 N–H and O–H groups in total. The summed E-state index contributed by atoms with van der Waals surface area (Å²) in [4.78, 5) is 12.8. The van der Waals surface area contributed by atoms with Crippen molar-refractivity contribution in [3.8, 4) is 5.69 Å². The predicted octanol–water partition coefficient (Wildman–Crippen LogP) is 4.08. The summed E-state index contributed by atoms with van der Waals surface area (Å²) in [6, 6.07) is 26.7. The number of hydrogen-bond acceptors (Lipinski definition) is 5. The third-order valence-electron chi connectivity index (χ3n) is 5.02. The third kappa shape index (κ3) is 3.69. The Bertz CT molecular complexity index is 1420. The molecule has 0 amide bonds. The van der Waals surface area contributed by atoms with Crippen molar-refractivity contribution in [2.45, 2.75) is 13.1 Å². The molecular weight excluding hydrogens is 408 g/mol. The van der Waals surface area contributed by atoms with E-state index in [0.717, 1.165) is 16.7 Å². The van der Waals surface area contributed by atoms with Gasteiger partial charge in [-0.2, -0.15) is 5.10 Å². The van der Waals surface area contributed by atoms with E-state index in [1.54, 1.807) is 21.5 Å². The van der Waals surface area contributed by atoms with Gasteiger partial charge < -0.3 is 0 Å². The zero-order chi connectivity index (χ0) is 21.2. The molecular formula is C23H18N6OS. The maximum atomic E-state index is 12.8. The van der Waals surface area contributed by atoms with Gasteiger partial charge in [-0.15, -0.1) is 5.10 Å². The molecule has 0 fully saturated rings. The molecule has 0 radical (unpaired) electrons. The standard InChI is InChI=1S/C23H18N6OS/c30-21(17-9-3-1-4-10-17)15-28-23(31)29(18-11-5-2-6-12-18)22(25-28)16-27-20-14-8-7-13-19(20)24-26-27/h1-14H,15-16H2. The summed E-state index contributed by atoms with van der Waals surface area (Å²) < 4.78 is 5.70. The lowest BCUT2D eigenvalue weighted by atomic mass is 10.1. The molecule has 0 aliphatic rings. The molecule has 7 nitrogen and oxygen atoms in total. The van der Waals surface area contributed by atoms with Crippen LogP contribution in [0.3, 0.4) is 0 Å². The number of para-hydroxylation sites is 2. The number of Topliss-reactive ketones (excluding diaryl/α,β-unsaturated/α-hetero) is 1. The van der Waals surface area contributed by atoms with Gasteiger partial charge in [0.15, 0.2) is 11.6 Å². The Balaban J connectivity index is 1.57. The second-order valence-corrected chi connectivity index (χ2v) is 7.42. The van der Waals surface area contributed by atoms with Crippen LogP contribution in [0.4, 0.5) is 0 Å². The van der Waals surface area contributed by atoms with Crippen LogP contribution >= 0.6 is 12.2 Å². The summed E-state index contributed by atoms with van der Waals surface area (Å²) in [5.41, 5.74) is 3.22. The second kappa shape index (κ2) is 8.08. The average Bonchev–Trinajstić information content (AvgIpc) is 3.36. The number of ketones is 1. The lowest BCUT2D eigenvalue weighted by Gasteiger charge is -2.07. The Hall–Kier alpha value is -3.91. The fourth-order valence-electron chi connectivity index (χ4n) is 3.51. The molecule has 31 heavy (non-hydrogen) atoms. The minimum absolute atomic E-state index is 0.0489. The Morgan fingerprint density at radius 3 is 2.29 bits per heavy atom. The van der Waals surface area contributed by atoms with Crippen LogP contribution in [-0.2, 0) is 13.1 Å². The number of fused-ring (bicyclic) bond motifs is 1. The molecule has 3 aromatic carbocycles. The van der Waals surface area contributed by atoms with E-state index < -0.39 is 0 Å². The normalized spacial score (nSPS) is 11.1. The molecule has 0 saturated heterocycles. The van der Waals surface area contributed by atoms with Crippen molar-refractivity contribution in [3.05, 3.63) is 101 Å². The Kier molecular flexibility index (Phi) is 4.97. The van der Waals surface area contributed by atoms with E-state index in [1.807, 2.05) is 77.4 Å². The zero-order valence-corrected chi connectivity index (χ0v) is 17.3. The van der Waals surface area contributed by atoms with Gasteiger partial charge in [0.2, 0.25) is 4.77 Å². The first-order valence-electron chi connectivity index (χ1n) is 9.81. The van der Waals surface area contributed by atoms with Gasteiger partial charge in [0.25, 0.3) is 0 Å². The van der Waals surface area contributed by atoms with E-state index in [4.69, 9.17) is 17.3 Å². The van der Waals surface area contributed by atoms with Gasteiger partial charge in [0.1, 0.15) is 18.6 Å². The highest BCUT2D eigenvalue weighted by atomic mass is 32.1. The van der Waals surface area contributed by atoms with E-state index in [0.29, 0.717) is 22.7 Å². The first-order chi connectivity index (χ1) is 15.2. The SMILES string of the molecule is O=C(Cn1nc(Cn2nnc3ccccc32)n(-c2ccccc2)c1=S)c1ccccc1. The van der Waals surface area contributed by atoms with Crippen molar-refractivity contribution in [2.24, 2.45) is 0 Å². The highest BCUT2D eigenvalue weighted by Crippen LogP contribution is 2.17. The highest BCUT2D eigenvalue weighted by molar-refractivity contribution is 7.71. The number of nitrogens with zero attached hydrogens (tertiary/aromatic N) is 6. The summed E-state index contributed by atoms with van der Waals surface area (Å²) in [6.07, 6.45) is 0. The van der Waals surface area contributed by atoms with E-state index in [-0.39, 0.29) is 12.3 Å². The molecule has 2 aromatic heterocycles. The van der Waals surface area contributed by atoms with E-state index in [2.05, 4.69) is 10.3 Å². The Morgan fingerprint density at radius 2 is 1.52 bits per heavy atom. The molecule has 0 bridgehead atoms. The molecule has 0 spiro atoms. The third-order valence-corrected chi connectivity index (χ3v) is 5.41. The first kappa shape index (κ1) is 19.1. The van der Waals surface area contributed by atoms with Crippen LogP contribution in [0.5, 0.6) is 0 Å². The fraction of sp³-hybridized carbons (Fsp3) is 0.0870. The van der Waals surface area contributed by atoms with Gasteiger partial charge in [-0.3, -0.25) is 9.36 Å². The molecule has 0 saturated carbocycles. The number of hydrogen-bond donors (Lipinski definition) is 0. The van der Waals surface area contributed by atoms with Crippen LogP contribution in [0.25, 0.3) is 16.7 Å². The average molecular weight is 427 g/mol. The van der Waals surface area contributed by atoms with E-state index in [9.17, 15) is 4.79 Å². The van der Waals surface area contributed by atoms with Crippen molar-refractivity contribution < 1.29 is 4.79 Å². The molecule has 0 unspecified atom stereocenters. The summed E-state index contributed by atoms with van der Waals surface area (Å²) >= 11 is 5.72. The van der Waals surface area contributed by atoms with Gasteiger partial charge in [0.05, 0.1) is 5.52 Å². The first-order valence-corrected chi connectivity index (χ1v) is 10.2. The molecule has 0 aliphatic heterocycles. The molecule has 0 atom stereocenters. The minimum Gasteiger partial charge on any atom is -0.292 e. The summed E-state index contributed by atoms with van der Waals surface area (Å²) in [7, 11) is 0. The topological polar surface area (TPSA) is 70.5 Å². The molecule has 5 aromatic rings. The predicted molar refractivity (Wildman–Crippen MR) is 120 cm³/mol. The van der Waals surface area contributed by atoms with Gasteiger partial charge in [0, 0.05) is 11.3 Å². The molecule has 2 heterocycles.